The van der Waals surface area contributed by atoms with Gasteiger partial charge in [0.15, 0.2) is 0 Å². The number of carbonyl (C=O) groups is 2. The third kappa shape index (κ3) is 5.33. The number of nitriles is 1. The largest absolute Gasteiger partial charge is 0.334 e. The van der Waals surface area contributed by atoms with Gasteiger partial charge in [-0.2, -0.15) is 5.26 Å². The SMILES string of the molecule is Cc1cc(C)c(C#N)c(SC(C)C(=O)NC(=O)NCc2ccccc2)n1. The molecule has 0 aliphatic rings. The molecule has 1 aromatic carbocycles. The zero-order valence-electron chi connectivity index (χ0n) is 14.9. The number of carbonyl (C=O) groups excluding carboxylic acids is 2. The maximum Gasteiger partial charge on any atom is 0.321 e. The lowest BCUT2D eigenvalue weighted by Gasteiger charge is -2.13. The Kier molecular flexibility index (Phi) is 6.75. The fraction of sp³-hybridized carbons (Fsp3) is 0.263. The summed E-state index contributed by atoms with van der Waals surface area (Å²) in [7, 11) is 0. The van der Waals surface area contributed by atoms with Crippen LogP contribution in [0.4, 0.5) is 4.79 Å². The lowest BCUT2D eigenvalue weighted by Crippen LogP contribution is -2.42. The first-order valence-corrected chi connectivity index (χ1v) is 8.96. The normalized spacial score (nSPS) is 11.3. The molecule has 0 bridgehead atoms. The predicted octanol–water partition coefficient (Wildman–Crippen LogP) is 3.08. The summed E-state index contributed by atoms with van der Waals surface area (Å²) in [5, 5.41) is 14.2. The summed E-state index contributed by atoms with van der Waals surface area (Å²) in [6.07, 6.45) is 0. The van der Waals surface area contributed by atoms with Gasteiger partial charge in [0.2, 0.25) is 5.91 Å². The molecule has 6 nitrogen and oxygen atoms in total. The molecule has 2 N–H and O–H groups in total. The number of hydrogen-bond acceptors (Lipinski definition) is 5. The average molecular weight is 368 g/mol. The number of pyridine rings is 1. The molecule has 2 aromatic rings. The third-order valence-electron chi connectivity index (χ3n) is 3.61. The molecule has 1 aromatic heterocycles. The Balaban J connectivity index is 1.93. The van der Waals surface area contributed by atoms with Crippen molar-refractivity contribution in [3.8, 4) is 6.07 Å². The summed E-state index contributed by atoms with van der Waals surface area (Å²) in [4.78, 5) is 28.5. The van der Waals surface area contributed by atoms with Crippen molar-refractivity contribution in [3.63, 3.8) is 0 Å². The number of imide groups is 1. The minimum atomic E-state index is -0.571. The average Bonchev–Trinajstić information content (AvgIpc) is 2.60. The van der Waals surface area contributed by atoms with Gasteiger partial charge >= 0.3 is 6.03 Å². The highest BCUT2D eigenvalue weighted by Gasteiger charge is 2.20. The minimum Gasteiger partial charge on any atom is -0.334 e. The fourth-order valence-corrected chi connectivity index (χ4v) is 3.30. The van der Waals surface area contributed by atoms with Crippen molar-refractivity contribution in [1.29, 1.82) is 5.26 Å². The van der Waals surface area contributed by atoms with Crippen LogP contribution < -0.4 is 10.6 Å². The monoisotopic (exact) mass is 368 g/mol. The van der Waals surface area contributed by atoms with Gasteiger partial charge in [-0.25, -0.2) is 9.78 Å². The first-order chi connectivity index (χ1) is 12.4. The van der Waals surface area contributed by atoms with E-state index in [0.717, 1.165) is 28.6 Å². The molecule has 1 atom stereocenters. The molecular weight excluding hydrogens is 348 g/mol. The van der Waals surface area contributed by atoms with Crippen LogP contribution in [-0.4, -0.2) is 22.2 Å². The van der Waals surface area contributed by atoms with Gasteiger partial charge in [0.25, 0.3) is 0 Å². The van der Waals surface area contributed by atoms with Gasteiger partial charge < -0.3 is 5.32 Å². The highest BCUT2D eigenvalue weighted by atomic mass is 32.2. The Morgan fingerprint density at radius 1 is 1.27 bits per heavy atom. The molecule has 3 amide bonds. The van der Waals surface area contributed by atoms with Crippen LogP contribution >= 0.6 is 11.8 Å². The first kappa shape index (κ1) is 19.5. The quantitative estimate of drug-likeness (QED) is 0.791. The van der Waals surface area contributed by atoms with Crippen molar-refractivity contribution in [3.05, 3.63) is 58.8 Å². The van der Waals surface area contributed by atoms with E-state index in [0.29, 0.717) is 17.1 Å². The van der Waals surface area contributed by atoms with E-state index in [-0.39, 0.29) is 0 Å². The van der Waals surface area contributed by atoms with Crippen LogP contribution in [0.1, 0.15) is 29.3 Å². The summed E-state index contributed by atoms with van der Waals surface area (Å²) < 4.78 is 0. The first-order valence-electron chi connectivity index (χ1n) is 8.08. The summed E-state index contributed by atoms with van der Waals surface area (Å²) >= 11 is 1.16. The molecule has 0 spiro atoms. The van der Waals surface area contributed by atoms with E-state index in [9.17, 15) is 14.9 Å². The fourth-order valence-electron chi connectivity index (χ4n) is 2.28. The molecule has 0 aliphatic heterocycles. The molecule has 7 heteroatoms. The van der Waals surface area contributed by atoms with E-state index >= 15 is 0 Å². The van der Waals surface area contributed by atoms with Crippen LogP contribution in [0.5, 0.6) is 0 Å². The van der Waals surface area contributed by atoms with Crippen LogP contribution in [0.25, 0.3) is 0 Å². The highest BCUT2D eigenvalue weighted by Crippen LogP contribution is 2.27. The summed E-state index contributed by atoms with van der Waals surface area (Å²) in [6, 6.07) is 12.8. The zero-order valence-corrected chi connectivity index (χ0v) is 15.7. The van der Waals surface area contributed by atoms with Gasteiger partial charge in [0.05, 0.1) is 10.8 Å². The number of aryl methyl sites for hydroxylation is 2. The summed E-state index contributed by atoms with van der Waals surface area (Å²) in [6.45, 7) is 5.67. The lowest BCUT2D eigenvalue weighted by atomic mass is 10.1. The number of benzene rings is 1. The molecule has 26 heavy (non-hydrogen) atoms. The molecule has 1 heterocycles. The molecule has 1 unspecified atom stereocenters. The lowest BCUT2D eigenvalue weighted by molar-refractivity contribution is -0.119. The number of hydrogen-bond donors (Lipinski definition) is 2. The number of urea groups is 1. The van der Waals surface area contributed by atoms with Crippen molar-refractivity contribution >= 4 is 23.7 Å². The van der Waals surface area contributed by atoms with Crippen molar-refractivity contribution in [2.45, 2.75) is 37.6 Å². The number of amides is 3. The number of nitrogens with one attached hydrogen (secondary N) is 2. The Morgan fingerprint density at radius 3 is 2.62 bits per heavy atom. The number of thioether (sulfide) groups is 1. The smallest absolute Gasteiger partial charge is 0.321 e. The Labute approximate surface area is 157 Å². The van der Waals surface area contributed by atoms with E-state index in [1.54, 1.807) is 6.92 Å². The number of aromatic nitrogens is 1. The van der Waals surface area contributed by atoms with Crippen LogP contribution in [-0.2, 0) is 11.3 Å². The standard InChI is InChI=1S/C19H20N4O2S/c1-12-9-13(2)22-18(16(12)10-20)26-14(3)17(24)23-19(25)21-11-15-7-5-4-6-8-15/h4-9,14H,11H2,1-3H3,(H2,21,23,24,25). The Bertz CT molecular complexity index is 847. The molecule has 0 saturated carbocycles. The Hall–Kier alpha value is -2.85. The van der Waals surface area contributed by atoms with Gasteiger partial charge in [-0.3, -0.25) is 10.1 Å². The zero-order chi connectivity index (χ0) is 19.1. The second-order valence-electron chi connectivity index (χ2n) is 5.79. The molecule has 134 valence electrons. The van der Waals surface area contributed by atoms with E-state index in [1.807, 2.05) is 50.2 Å². The second kappa shape index (κ2) is 9.02. The molecule has 0 aliphatic carbocycles. The number of nitrogens with zero attached hydrogens (tertiary/aromatic N) is 2. The molecule has 2 rings (SSSR count). The van der Waals surface area contributed by atoms with Crippen LogP contribution in [0.15, 0.2) is 41.4 Å². The molecular formula is C19H20N4O2S. The van der Waals surface area contributed by atoms with Gasteiger partial charge in [-0.15, -0.1) is 0 Å². The van der Waals surface area contributed by atoms with Crippen molar-refractivity contribution < 1.29 is 9.59 Å². The van der Waals surface area contributed by atoms with E-state index in [2.05, 4.69) is 21.7 Å². The van der Waals surface area contributed by atoms with E-state index < -0.39 is 17.2 Å². The second-order valence-corrected chi connectivity index (χ2v) is 7.12. The Morgan fingerprint density at radius 2 is 1.96 bits per heavy atom. The molecule has 0 fully saturated rings. The summed E-state index contributed by atoms with van der Waals surface area (Å²) in [5.41, 5.74) is 2.98. The minimum absolute atomic E-state index is 0.332. The van der Waals surface area contributed by atoms with Crippen molar-refractivity contribution in [2.24, 2.45) is 0 Å². The topological polar surface area (TPSA) is 94.9 Å². The maximum absolute atomic E-state index is 12.2. The van der Waals surface area contributed by atoms with Crippen molar-refractivity contribution in [2.75, 3.05) is 0 Å². The number of rotatable bonds is 5. The van der Waals surface area contributed by atoms with E-state index in [1.165, 1.54) is 0 Å². The molecule has 0 saturated heterocycles. The highest BCUT2D eigenvalue weighted by molar-refractivity contribution is 8.00. The van der Waals surface area contributed by atoms with Gasteiger partial charge in [0, 0.05) is 12.2 Å². The van der Waals surface area contributed by atoms with Gasteiger partial charge in [-0.1, -0.05) is 42.1 Å². The maximum atomic E-state index is 12.2. The van der Waals surface area contributed by atoms with Gasteiger partial charge in [-0.05, 0) is 38.0 Å². The van der Waals surface area contributed by atoms with Crippen LogP contribution in [0, 0.1) is 25.2 Å². The van der Waals surface area contributed by atoms with E-state index in [4.69, 9.17) is 0 Å². The van der Waals surface area contributed by atoms with Gasteiger partial charge in [0.1, 0.15) is 11.1 Å². The summed E-state index contributed by atoms with van der Waals surface area (Å²) in [5.74, 6) is -0.439. The third-order valence-corrected chi connectivity index (χ3v) is 4.70. The van der Waals surface area contributed by atoms with Crippen LogP contribution in [0.3, 0.4) is 0 Å². The predicted molar refractivity (Wildman–Crippen MR) is 101 cm³/mol. The van der Waals surface area contributed by atoms with Crippen molar-refractivity contribution in [1.82, 2.24) is 15.6 Å². The molecule has 0 radical (unpaired) electrons. The van der Waals surface area contributed by atoms with Crippen LogP contribution in [0.2, 0.25) is 0 Å².